The largest absolute Gasteiger partial charge is 0.440 e. The van der Waals surface area contributed by atoms with Gasteiger partial charge in [0.2, 0.25) is 0 Å². The number of amides is 2. The monoisotopic (exact) mass is 431 g/mol. The maximum absolute atomic E-state index is 13.4. The van der Waals surface area contributed by atoms with Gasteiger partial charge < -0.3 is 14.6 Å². The number of thiophene rings is 1. The predicted molar refractivity (Wildman–Crippen MR) is 121 cm³/mol. The summed E-state index contributed by atoms with van der Waals surface area (Å²) in [5.74, 6) is 0.418. The number of aromatic nitrogens is 1. The van der Waals surface area contributed by atoms with Crippen molar-refractivity contribution >= 4 is 39.9 Å². The van der Waals surface area contributed by atoms with Crippen molar-refractivity contribution in [2.45, 2.75) is 18.8 Å². The molecule has 1 aliphatic rings. The van der Waals surface area contributed by atoms with Crippen LogP contribution in [0.5, 0.6) is 0 Å². The molecule has 1 atom stereocenters. The number of oxazole rings is 1. The van der Waals surface area contributed by atoms with Crippen LogP contribution in [0.3, 0.4) is 0 Å². The van der Waals surface area contributed by atoms with Crippen LogP contribution in [0, 0.1) is 0 Å². The van der Waals surface area contributed by atoms with E-state index in [-0.39, 0.29) is 17.7 Å². The smallest absolute Gasteiger partial charge is 0.256 e. The Hall–Kier alpha value is -3.45. The molecular formula is C24H21N3O3S. The van der Waals surface area contributed by atoms with Gasteiger partial charge >= 0.3 is 0 Å². The normalized spacial score (nSPS) is 16.4. The summed E-state index contributed by atoms with van der Waals surface area (Å²) in [5.41, 5.74) is 3.20. The summed E-state index contributed by atoms with van der Waals surface area (Å²) in [6.45, 7) is 1.21. The second-order valence-corrected chi connectivity index (χ2v) is 8.40. The number of nitrogens with zero attached hydrogens (tertiary/aromatic N) is 2. The zero-order valence-electron chi connectivity index (χ0n) is 16.8. The first-order valence-electron chi connectivity index (χ1n) is 10.3. The molecule has 2 aromatic heterocycles. The quantitative estimate of drug-likeness (QED) is 0.484. The van der Waals surface area contributed by atoms with E-state index in [1.807, 2.05) is 46.7 Å². The number of hydrogen-bond donors (Lipinski definition) is 1. The number of nitrogens with one attached hydrogen (secondary N) is 1. The van der Waals surface area contributed by atoms with Crippen molar-refractivity contribution in [3.05, 3.63) is 82.4 Å². The molecule has 0 radical (unpaired) electrons. The van der Waals surface area contributed by atoms with Crippen LogP contribution >= 0.6 is 11.3 Å². The van der Waals surface area contributed by atoms with Crippen LogP contribution in [0.1, 0.15) is 45.4 Å². The Balaban J connectivity index is 1.35. The Bertz CT molecular complexity index is 1200. The van der Waals surface area contributed by atoms with Crippen LogP contribution in [-0.2, 0) is 0 Å². The highest BCUT2D eigenvalue weighted by molar-refractivity contribution is 7.08. The molecule has 3 heterocycles. The van der Waals surface area contributed by atoms with Gasteiger partial charge in [0.25, 0.3) is 11.8 Å². The van der Waals surface area contributed by atoms with Crippen molar-refractivity contribution in [1.82, 2.24) is 9.88 Å². The molecule has 0 spiro atoms. The number of carbonyl (C=O) groups excluding carboxylic acids is 2. The molecule has 1 aliphatic heterocycles. The molecule has 1 fully saturated rings. The lowest BCUT2D eigenvalue weighted by Gasteiger charge is -2.31. The van der Waals surface area contributed by atoms with Gasteiger partial charge in [-0.3, -0.25) is 9.59 Å². The number of anilines is 1. The molecule has 1 unspecified atom stereocenters. The van der Waals surface area contributed by atoms with Gasteiger partial charge in [0.15, 0.2) is 11.5 Å². The molecular weight excluding hydrogens is 410 g/mol. The first-order valence-corrected chi connectivity index (χ1v) is 11.2. The summed E-state index contributed by atoms with van der Waals surface area (Å²) in [4.78, 5) is 32.3. The highest BCUT2D eigenvalue weighted by Gasteiger charge is 2.29. The van der Waals surface area contributed by atoms with Crippen molar-refractivity contribution in [2.24, 2.45) is 0 Å². The highest BCUT2D eigenvalue weighted by Crippen LogP contribution is 2.30. The van der Waals surface area contributed by atoms with E-state index >= 15 is 0 Å². The standard InChI is InChI=1S/C24H21N3O3S/c28-22(17-11-13-31-15-17)25-19-8-2-1-7-18(19)24(29)27-12-5-6-16(14-27)23-26-20-9-3-4-10-21(20)30-23/h1-4,7-11,13,15-16H,5-6,12,14H2,(H,25,28). The fourth-order valence-corrected chi connectivity index (χ4v) is 4.60. The number of rotatable bonds is 4. The number of para-hydroxylation sites is 3. The van der Waals surface area contributed by atoms with Crippen LogP contribution in [0.2, 0.25) is 0 Å². The third-order valence-corrected chi connectivity index (χ3v) is 6.24. The SMILES string of the molecule is O=C(Nc1ccccc1C(=O)N1CCCC(c2nc3ccccc3o2)C1)c1ccsc1. The van der Waals surface area contributed by atoms with E-state index in [0.717, 1.165) is 23.9 Å². The lowest BCUT2D eigenvalue weighted by molar-refractivity contribution is 0.0700. The molecule has 4 aromatic rings. The summed E-state index contributed by atoms with van der Waals surface area (Å²) < 4.78 is 5.95. The third kappa shape index (κ3) is 3.96. The summed E-state index contributed by atoms with van der Waals surface area (Å²) in [6, 6.07) is 16.6. The summed E-state index contributed by atoms with van der Waals surface area (Å²) in [5, 5.41) is 6.52. The number of likely N-dealkylation sites (tertiary alicyclic amines) is 1. The number of carbonyl (C=O) groups is 2. The maximum atomic E-state index is 13.4. The molecule has 0 aliphatic carbocycles. The second-order valence-electron chi connectivity index (χ2n) is 7.62. The first kappa shape index (κ1) is 19.5. The Morgan fingerprint density at radius 2 is 1.94 bits per heavy atom. The number of hydrogen-bond acceptors (Lipinski definition) is 5. The van der Waals surface area contributed by atoms with Gasteiger partial charge in [-0.2, -0.15) is 11.3 Å². The number of fused-ring (bicyclic) bond motifs is 1. The minimum atomic E-state index is -0.218. The molecule has 5 rings (SSSR count). The van der Waals surface area contributed by atoms with Gasteiger partial charge in [0.1, 0.15) is 5.52 Å². The van der Waals surface area contributed by atoms with Gasteiger partial charge in [-0.25, -0.2) is 4.98 Å². The van der Waals surface area contributed by atoms with E-state index in [2.05, 4.69) is 10.3 Å². The zero-order chi connectivity index (χ0) is 21.2. The summed E-state index contributed by atoms with van der Waals surface area (Å²) in [7, 11) is 0. The summed E-state index contributed by atoms with van der Waals surface area (Å²) in [6.07, 6.45) is 1.80. The molecule has 1 saturated heterocycles. The molecule has 1 N–H and O–H groups in total. The summed E-state index contributed by atoms with van der Waals surface area (Å²) >= 11 is 1.46. The van der Waals surface area contributed by atoms with Crippen LogP contribution in [0.4, 0.5) is 5.69 Å². The van der Waals surface area contributed by atoms with Gasteiger partial charge in [-0.05, 0) is 48.6 Å². The van der Waals surface area contributed by atoms with Crippen molar-refractivity contribution < 1.29 is 14.0 Å². The number of benzene rings is 2. The molecule has 7 heteroatoms. The minimum absolute atomic E-state index is 0.0534. The van der Waals surface area contributed by atoms with E-state index < -0.39 is 0 Å². The van der Waals surface area contributed by atoms with E-state index in [0.29, 0.717) is 35.8 Å². The molecule has 31 heavy (non-hydrogen) atoms. The minimum Gasteiger partial charge on any atom is -0.440 e. The van der Waals surface area contributed by atoms with Crippen molar-refractivity contribution in [2.75, 3.05) is 18.4 Å². The van der Waals surface area contributed by atoms with Crippen LogP contribution < -0.4 is 5.32 Å². The van der Waals surface area contributed by atoms with Crippen molar-refractivity contribution in [3.63, 3.8) is 0 Å². The Labute approximate surface area is 183 Å². The lowest BCUT2D eigenvalue weighted by atomic mass is 9.97. The molecule has 2 amide bonds. The van der Waals surface area contributed by atoms with E-state index in [1.54, 1.807) is 23.6 Å². The van der Waals surface area contributed by atoms with Gasteiger partial charge in [-0.15, -0.1) is 0 Å². The fraction of sp³-hybridized carbons (Fsp3) is 0.208. The topological polar surface area (TPSA) is 75.4 Å². The van der Waals surface area contributed by atoms with Crippen LogP contribution in [0.15, 0.2) is 69.8 Å². The van der Waals surface area contributed by atoms with E-state index in [9.17, 15) is 9.59 Å². The fourth-order valence-electron chi connectivity index (χ4n) is 3.96. The average Bonchev–Trinajstić information content (AvgIpc) is 3.49. The van der Waals surface area contributed by atoms with Crippen LogP contribution in [0.25, 0.3) is 11.1 Å². The molecule has 0 bridgehead atoms. The second kappa shape index (κ2) is 8.35. The van der Waals surface area contributed by atoms with Gasteiger partial charge in [-0.1, -0.05) is 24.3 Å². The van der Waals surface area contributed by atoms with E-state index in [1.165, 1.54) is 11.3 Å². The lowest BCUT2D eigenvalue weighted by Crippen LogP contribution is -2.39. The first-order chi connectivity index (χ1) is 15.2. The predicted octanol–water partition coefficient (Wildman–Crippen LogP) is 5.16. The van der Waals surface area contributed by atoms with Gasteiger partial charge in [0.05, 0.1) is 22.7 Å². The zero-order valence-corrected chi connectivity index (χ0v) is 17.6. The molecule has 0 saturated carbocycles. The Morgan fingerprint density at radius 1 is 1.10 bits per heavy atom. The van der Waals surface area contributed by atoms with Gasteiger partial charge in [0, 0.05) is 18.5 Å². The molecule has 2 aromatic carbocycles. The van der Waals surface area contributed by atoms with E-state index in [4.69, 9.17) is 4.42 Å². The molecule has 6 nitrogen and oxygen atoms in total. The Morgan fingerprint density at radius 3 is 2.77 bits per heavy atom. The average molecular weight is 432 g/mol. The third-order valence-electron chi connectivity index (χ3n) is 5.56. The maximum Gasteiger partial charge on any atom is 0.256 e. The number of piperidine rings is 1. The highest BCUT2D eigenvalue weighted by atomic mass is 32.1. The molecule has 156 valence electrons. The Kier molecular flexibility index (Phi) is 5.26. The van der Waals surface area contributed by atoms with Crippen LogP contribution in [-0.4, -0.2) is 34.8 Å². The van der Waals surface area contributed by atoms with Crippen molar-refractivity contribution in [3.8, 4) is 0 Å². The van der Waals surface area contributed by atoms with Crippen molar-refractivity contribution in [1.29, 1.82) is 0 Å².